The van der Waals surface area contributed by atoms with E-state index in [-0.39, 0.29) is 21.5 Å². The average molecular weight is 266 g/mol. The summed E-state index contributed by atoms with van der Waals surface area (Å²) in [4.78, 5) is 24.1. The lowest BCUT2D eigenvalue weighted by molar-refractivity contribution is -0.384. The molecule has 2 rings (SSSR count). The molecule has 0 amide bonds. The van der Waals surface area contributed by atoms with Crippen molar-refractivity contribution < 1.29 is 9.85 Å². The Morgan fingerprint density at radius 3 is 2.56 bits per heavy atom. The largest absolute Gasteiger partial charge is 0.375 e. The van der Waals surface area contributed by atoms with E-state index >= 15 is 0 Å². The summed E-state index contributed by atoms with van der Waals surface area (Å²) in [7, 11) is 0. The highest BCUT2D eigenvalue weighted by molar-refractivity contribution is 7.19. The quantitative estimate of drug-likeness (QED) is 0.670. The normalized spacial score (nSPS) is 10.2. The van der Waals surface area contributed by atoms with Crippen LogP contribution >= 0.6 is 11.3 Å². The first-order chi connectivity index (χ1) is 8.49. The van der Waals surface area contributed by atoms with Crippen LogP contribution in [-0.2, 0) is 0 Å². The maximum atomic E-state index is 10.8. The van der Waals surface area contributed by atoms with Crippen LogP contribution in [0.2, 0.25) is 0 Å². The van der Waals surface area contributed by atoms with E-state index in [1.54, 1.807) is 0 Å². The third-order valence-electron chi connectivity index (χ3n) is 2.12. The van der Waals surface area contributed by atoms with E-state index < -0.39 is 9.85 Å². The second kappa shape index (κ2) is 4.37. The fraction of sp³-hybridized carbons (Fsp3) is 0. The van der Waals surface area contributed by atoms with E-state index in [1.807, 2.05) is 0 Å². The van der Waals surface area contributed by atoms with Gasteiger partial charge in [0, 0.05) is 17.7 Å². The summed E-state index contributed by atoms with van der Waals surface area (Å²) in [6.45, 7) is 0. The molecule has 2 aromatic rings. The highest BCUT2D eigenvalue weighted by Crippen LogP contribution is 2.36. The molecular weight excluding hydrogens is 260 g/mol. The van der Waals surface area contributed by atoms with Gasteiger partial charge in [0.1, 0.15) is 0 Å². The van der Waals surface area contributed by atoms with Gasteiger partial charge in [-0.05, 0) is 11.3 Å². The number of nitro benzene ring substituents is 1. The van der Waals surface area contributed by atoms with Gasteiger partial charge in [0.15, 0.2) is 10.8 Å². The smallest absolute Gasteiger partial charge is 0.353 e. The third-order valence-corrected chi connectivity index (χ3v) is 2.96. The van der Waals surface area contributed by atoms with Crippen LogP contribution in [0, 0.1) is 20.2 Å². The van der Waals surface area contributed by atoms with Gasteiger partial charge in [0.2, 0.25) is 0 Å². The van der Waals surface area contributed by atoms with Gasteiger partial charge in [0.25, 0.3) is 5.69 Å². The zero-order chi connectivity index (χ0) is 13.3. The number of rotatable bonds is 3. The van der Waals surface area contributed by atoms with Crippen molar-refractivity contribution in [3.05, 3.63) is 44.5 Å². The maximum absolute atomic E-state index is 10.8. The first-order valence-electron chi connectivity index (χ1n) is 4.64. The molecule has 9 heteroatoms. The lowest BCUT2D eigenvalue weighted by Crippen LogP contribution is -1.91. The molecule has 1 aromatic heterocycles. The first kappa shape index (κ1) is 11.9. The van der Waals surface area contributed by atoms with Crippen LogP contribution in [0.1, 0.15) is 0 Å². The molecule has 0 bridgehead atoms. The van der Waals surface area contributed by atoms with Crippen molar-refractivity contribution >= 4 is 27.2 Å². The van der Waals surface area contributed by atoms with Crippen LogP contribution in [0.15, 0.2) is 24.3 Å². The van der Waals surface area contributed by atoms with E-state index in [9.17, 15) is 20.2 Å². The van der Waals surface area contributed by atoms with Crippen molar-refractivity contribution in [3.8, 4) is 11.3 Å². The highest BCUT2D eigenvalue weighted by atomic mass is 32.1. The van der Waals surface area contributed by atoms with Gasteiger partial charge in [-0.3, -0.25) is 20.2 Å². The number of anilines is 1. The van der Waals surface area contributed by atoms with Crippen molar-refractivity contribution in [1.82, 2.24) is 4.98 Å². The van der Waals surface area contributed by atoms with E-state index in [4.69, 9.17) is 5.73 Å². The van der Waals surface area contributed by atoms with Crippen LogP contribution in [0.4, 0.5) is 15.8 Å². The van der Waals surface area contributed by atoms with Crippen molar-refractivity contribution in [2.75, 3.05) is 5.73 Å². The minimum absolute atomic E-state index is 0.0446. The molecule has 0 aliphatic carbocycles. The lowest BCUT2D eigenvalue weighted by atomic mass is 10.1. The number of nitro groups is 2. The van der Waals surface area contributed by atoms with E-state index in [1.165, 1.54) is 24.3 Å². The molecule has 0 atom stereocenters. The Labute approximate surface area is 104 Å². The van der Waals surface area contributed by atoms with Crippen LogP contribution in [0.25, 0.3) is 11.3 Å². The van der Waals surface area contributed by atoms with Crippen molar-refractivity contribution in [1.29, 1.82) is 0 Å². The van der Waals surface area contributed by atoms with Gasteiger partial charge in [-0.2, -0.15) is 0 Å². The van der Waals surface area contributed by atoms with Gasteiger partial charge >= 0.3 is 5.00 Å². The molecule has 0 radical (unpaired) electrons. The van der Waals surface area contributed by atoms with Gasteiger partial charge in [-0.1, -0.05) is 12.1 Å². The predicted molar refractivity (Wildman–Crippen MR) is 65.3 cm³/mol. The summed E-state index contributed by atoms with van der Waals surface area (Å²) in [6.07, 6.45) is 0. The molecule has 0 saturated carbocycles. The summed E-state index contributed by atoms with van der Waals surface area (Å²) in [5.74, 6) is 0. The number of hydrogen-bond acceptors (Lipinski definition) is 7. The Balaban J connectivity index is 2.58. The fourth-order valence-electron chi connectivity index (χ4n) is 1.41. The molecular formula is C9H6N4O4S. The Bertz CT molecular complexity index is 639. The van der Waals surface area contributed by atoms with Crippen molar-refractivity contribution in [2.24, 2.45) is 0 Å². The van der Waals surface area contributed by atoms with Crippen LogP contribution < -0.4 is 5.73 Å². The topological polar surface area (TPSA) is 125 Å². The number of aromatic nitrogens is 1. The van der Waals surface area contributed by atoms with Crippen LogP contribution in [0.3, 0.4) is 0 Å². The average Bonchev–Trinajstić information content (AvgIpc) is 2.72. The number of hydrogen-bond donors (Lipinski definition) is 1. The molecule has 92 valence electrons. The predicted octanol–water partition coefficient (Wildman–Crippen LogP) is 2.21. The fourth-order valence-corrected chi connectivity index (χ4v) is 2.08. The molecule has 1 heterocycles. The number of nitrogens with zero attached hydrogens (tertiary/aromatic N) is 3. The van der Waals surface area contributed by atoms with E-state index in [2.05, 4.69) is 4.98 Å². The first-order valence-corrected chi connectivity index (χ1v) is 5.46. The van der Waals surface area contributed by atoms with Crippen LogP contribution in [-0.4, -0.2) is 14.8 Å². The second-order valence-corrected chi connectivity index (χ2v) is 4.28. The zero-order valence-corrected chi connectivity index (χ0v) is 9.59. The molecule has 0 spiro atoms. The van der Waals surface area contributed by atoms with E-state index in [0.29, 0.717) is 5.56 Å². The Kier molecular flexibility index (Phi) is 2.90. The summed E-state index contributed by atoms with van der Waals surface area (Å²) < 4.78 is 0. The Morgan fingerprint density at radius 2 is 1.94 bits per heavy atom. The van der Waals surface area contributed by atoms with Crippen LogP contribution in [0.5, 0.6) is 0 Å². The maximum Gasteiger partial charge on any atom is 0.353 e. The summed E-state index contributed by atoms with van der Waals surface area (Å²) in [5.41, 5.74) is 5.61. The zero-order valence-electron chi connectivity index (χ0n) is 8.77. The number of benzene rings is 1. The number of nitrogens with two attached hydrogens (primary N) is 1. The van der Waals surface area contributed by atoms with Gasteiger partial charge < -0.3 is 5.73 Å². The van der Waals surface area contributed by atoms with Gasteiger partial charge in [0.05, 0.1) is 9.85 Å². The molecule has 2 N–H and O–H groups in total. The molecule has 0 aliphatic rings. The summed E-state index contributed by atoms with van der Waals surface area (Å²) in [6, 6.07) is 5.47. The SMILES string of the molecule is Nc1nc(-c2cccc([N+](=O)[O-])c2)c([N+](=O)[O-])s1. The van der Waals surface area contributed by atoms with Crippen molar-refractivity contribution in [2.45, 2.75) is 0 Å². The van der Waals surface area contributed by atoms with E-state index in [0.717, 1.165) is 11.3 Å². The lowest BCUT2D eigenvalue weighted by Gasteiger charge is -1.96. The molecule has 0 unspecified atom stereocenters. The third kappa shape index (κ3) is 2.11. The monoisotopic (exact) mass is 266 g/mol. The highest BCUT2D eigenvalue weighted by Gasteiger charge is 2.22. The number of non-ortho nitro benzene ring substituents is 1. The molecule has 0 saturated heterocycles. The molecule has 1 aromatic carbocycles. The van der Waals surface area contributed by atoms with Crippen molar-refractivity contribution in [3.63, 3.8) is 0 Å². The Hall–Kier alpha value is -2.55. The van der Waals surface area contributed by atoms with Gasteiger partial charge in [-0.15, -0.1) is 0 Å². The minimum Gasteiger partial charge on any atom is -0.375 e. The standard InChI is InChI=1S/C9H6N4O4S/c10-9-11-7(8(18-9)13(16)17)5-2-1-3-6(4-5)12(14)15/h1-4H,(H2,10,11). The number of nitrogen functional groups attached to an aromatic ring is 1. The number of thiazole rings is 1. The summed E-state index contributed by atoms with van der Waals surface area (Å²) in [5, 5.41) is 21.3. The molecule has 8 nitrogen and oxygen atoms in total. The Morgan fingerprint density at radius 1 is 1.22 bits per heavy atom. The minimum atomic E-state index is -0.609. The molecule has 0 fully saturated rings. The van der Waals surface area contributed by atoms with Gasteiger partial charge in [-0.25, -0.2) is 4.98 Å². The molecule has 18 heavy (non-hydrogen) atoms. The second-order valence-electron chi connectivity index (χ2n) is 3.27. The summed E-state index contributed by atoms with van der Waals surface area (Å²) >= 11 is 0.729. The molecule has 0 aliphatic heterocycles.